The lowest BCUT2D eigenvalue weighted by atomic mass is 9.97. The molecule has 3 unspecified atom stereocenters. The van der Waals surface area contributed by atoms with E-state index in [0.29, 0.717) is 11.1 Å². The second-order valence-electron chi connectivity index (χ2n) is 7.21. The fraction of sp³-hybridized carbons (Fsp3) is 0.526. The van der Waals surface area contributed by atoms with E-state index in [9.17, 15) is 14.4 Å². The summed E-state index contributed by atoms with van der Waals surface area (Å²) < 4.78 is 0. The van der Waals surface area contributed by atoms with Gasteiger partial charge >= 0.3 is 0 Å². The number of halogens is 1. The number of imide groups is 1. The van der Waals surface area contributed by atoms with Gasteiger partial charge in [0.1, 0.15) is 6.04 Å². The van der Waals surface area contributed by atoms with Crippen molar-refractivity contribution in [2.75, 3.05) is 6.54 Å². The summed E-state index contributed by atoms with van der Waals surface area (Å²) in [5, 5.41) is 6.39. The van der Waals surface area contributed by atoms with Gasteiger partial charge in [-0.1, -0.05) is 26.0 Å². The summed E-state index contributed by atoms with van der Waals surface area (Å²) in [7, 11) is 0. The molecule has 1 saturated heterocycles. The number of carbonyl (C=O) groups excluding carboxylic acids is 3. The third kappa shape index (κ3) is 3.62. The standard InChI is InChI=1S/C19H25N3O3.ClH/c1-11(2)16(17(23)21-15-9-6-10-20-12(15)3)22-18(24)13-7-4-5-8-14(13)19(22)25;/h4-5,7-8,11-12,15-16,20H,6,9-10H2,1-3H3,(H,21,23);1H. The first kappa shape index (κ1) is 20.4. The van der Waals surface area contributed by atoms with Gasteiger partial charge in [0.15, 0.2) is 0 Å². The molecule has 0 radical (unpaired) electrons. The Morgan fingerprint density at radius 1 is 1.19 bits per heavy atom. The molecular weight excluding hydrogens is 354 g/mol. The van der Waals surface area contributed by atoms with Crippen LogP contribution in [0.15, 0.2) is 24.3 Å². The van der Waals surface area contributed by atoms with Crippen LogP contribution in [0.5, 0.6) is 0 Å². The minimum absolute atomic E-state index is 0. The molecule has 1 aromatic rings. The molecule has 2 aliphatic heterocycles. The van der Waals surface area contributed by atoms with Gasteiger partial charge in [-0.25, -0.2) is 0 Å². The van der Waals surface area contributed by atoms with Crippen molar-refractivity contribution in [3.05, 3.63) is 35.4 Å². The molecule has 1 aromatic carbocycles. The fourth-order valence-electron chi connectivity index (χ4n) is 3.69. The molecule has 0 spiro atoms. The Morgan fingerprint density at radius 3 is 2.27 bits per heavy atom. The number of hydrogen-bond donors (Lipinski definition) is 2. The number of benzene rings is 1. The number of amides is 3. The minimum Gasteiger partial charge on any atom is -0.350 e. The number of rotatable bonds is 4. The van der Waals surface area contributed by atoms with Crippen molar-refractivity contribution in [1.82, 2.24) is 15.5 Å². The molecule has 7 heteroatoms. The molecule has 2 N–H and O–H groups in total. The average Bonchev–Trinajstić information content (AvgIpc) is 2.83. The summed E-state index contributed by atoms with van der Waals surface area (Å²) in [5.41, 5.74) is 0.748. The van der Waals surface area contributed by atoms with Crippen molar-refractivity contribution >= 4 is 30.1 Å². The van der Waals surface area contributed by atoms with Crippen LogP contribution in [-0.4, -0.2) is 47.3 Å². The van der Waals surface area contributed by atoms with Gasteiger partial charge < -0.3 is 10.6 Å². The molecule has 0 aliphatic carbocycles. The van der Waals surface area contributed by atoms with E-state index in [0.717, 1.165) is 24.3 Å². The monoisotopic (exact) mass is 379 g/mol. The number of nitrogens with zero attached hydrogens (tertiary/aromatic N) is 1. The Balaban J connectivity index is 0.00000243. The second kappa shape index (κ2) is 8.18. The maximum atomic E-state index is 12.9. The van der Waals surface area contributed by atoms with E-state index in [1.54, 1.807) is 24.3 Å². The lowest BCUT2D eigenvalue weighted by Crippen LogP contribution is -2.58. The van der Waals surface area contributed by atoms with Crippen molar-refractivity contribution in [2.45, 2.75) is 51.7 Å². The average molecular weight is 380 g/mol. The molecule has 2 aliphatic rings. The smallest absolute Gasteiger partial charge is 0.262 e. The highest BCUT2D eigenvalue weighted by Gasteiger charge is 2.44. The van der Waals surface area contributed by atoms with E-state index >= 15 is 0 Å². The van der Waals surface area contributed by atoms with Crippen LogP contribution in [0.2, 0.25) is 0 Å². The number of nitrogens with one attached hydrogen (secondary N) is 2. The van der Waals surface area contributed by atoms with Crippen LogP contribution < -0.4 is 10.6 Å². The van der Waals surface area contributed by atoms with Crippen LogP contribution in [0.4, 0.5) is 0 Å². The van der Waals surface area contributed by atoms with Crippen molar-refractivity contribution < 1.29 is 14.4 Å². The van der Waals surface area contributed by atoms with E-state index in [1.807, 2.05) is 20.8 Å². The Hall–Kier alpha value is -1.92. The first-order chi connectivity index (χ1) is 11.9. The van der Waals surface area contributed by atoms with Gasteiger partial charge in [0.25, 0.3) is 11.8 Å². The number of hydrogen-bond acceptors (Lipinski definition) is 4. The molecule has 3 atom stereocenters. The van der Waals surface area contributed by atoms with Crippen LogP contribution in [0.1, 0.15) is 54.3 Å². The van der Waals surface area contributed by atoms with Crippen molar-refractivity contribution in [1.29, 1.82) is 0 Å². The van der Waals surface area contributed by atoms with Crippen molar-refractivity contribution in [2.24, 2.45) is 5.92 Å². The van der Waals surface area contributed by atoms with Crippen LogP contribution in [0.3, 0.4) is 0 Å². The summed E-state index contributed by atoms with van der Waals surface area (Å²) in [5.74, 6) is -1.20. The Kier molecular flexibility index (Phi) is 6.42. The Labute approximate surface area is 160 Å². The van der Waals surface area contributed by atoms with Crippen LogP contribution >= 0.6 is 12.4 Å². The molecule has 3 rings (SSSR count). The van der Waals surface area contributed by atoms with Gasteiger partial charge in [-0.3, -0.25) is 19.3 Å². The highest BCUT2D eigenvalue weighted by molar-refractivity contribution is 6.22. The van der Waals surface area contributed by atoms with Crippen LogP contribution in [-0.2, 0) is 4.79 Å². The quantitative estimate of drug-likeness (QED) is 0.784. The molecule has 0 aromatic heterocycles. The van der Waals surface area contributed by atoms with Gasteiger partial charge in [0.2, 0.25) is 5.91 Å². The largest absolute Gasteiger partial charge is 0.350 e. The van der Waals surface area contributed by atoms with Crippen molar-refractivity contribution in [3.8, 4) is 0 Å². The van der Waals surface area contributed by atoms with Gasteiger partial charge in [-0.05, 0) is 44.4 Å². The zero-order valence-corrected chi connectivity index (χ0v) is 16.1. The van der Waals surface area contributed by atoms with Gasteiger partial charge in [0.05, 0.1) is 11.1 Å². The highest BCUT2D eigenvalue weighted by Crippen LogP contribution is 2.27. The molecule has 142 valence electrons. The summed E-state index contributed by atoms with van der Waals surface area (Å²) >= 11 is 0. The number of fused-ring (bicyclic) bond motifs is 1. The summed E-state index contributed by atoms with van der Waals surface area (Å²) in [6, 6.07) is 6.11. The third-order valence-electron chi connectivity index (χ3n) is 5.09. The maximum Gasteiger partial charge on any atom is 0.262 e. The first-order valence-corrected chi connectivity index (χ1v) is 8.92. The molecular formula is C19H26ClN3O3. The van der Waals surface area contributed by atoms with E-state index in [1.165, 1.54) is 0 Å². The van der Waals surface area contributed by atoms with Crippen molar-refractivity contribution in [3.63, 3.8) is 0 Å². The molecule has 3 amide bonds. The van der Waals surface area contributed by atoms with Crippen LogP contribution in [0, 0.1) is 5.92 Å². The lowest BCUT2D eigenvalue weighted by Gasteiger charge is -2.34. The van der Waals surface area contributed by atoms with Crippen LogP contribution in [0.25, 0.3) is 0 Å². The molecule has 2 heterocycles. The second-order valence-corrected chi connectivity index (χ2v) is 7.21. The van der Waals surface area contributed by atoms with Gasteiger partial charge in [-0.2, -0.15) is 0 Å². The number of carbonyl (C=O) groups is 3. The Bertz CT molecular complexity index is 672. The van der Waals surface area contributed by atoms with E-state index in [-0.39, 0.29) is 48.1 Å². The topological polar surface area (TPSA) is 78.5 Å². The molecule has 0 bridgehead atoms. The van der Waals surface area contributed by atoms with Gasteiger partial charge in [0, 0.05) is 12.1 Å². The zero-order chi connectivity index (χ0) is 18.1. The number of piperidine rings is 1. The summed E-state index contributed by atoms with van der Waals surface area (Å²) in [6.07, 6.45) is 1.89. The molecule has 26 heavy (non-hydrogen) atoms. The Morgan fingerprint density at radius 2 is 1.77 bits per heavy atom. The minimum atomic E-state index is -0.804. The molecule has 0 saturated carbocycles. The zero-order valence-electron chi connectivity index (χ0n) is 15.3. The van der Waals surface area contributed by atoms with Gasteiger partial charge in [-0.15, -0.1) is 12.4 Å². The predicted molar refractivity (Wildman–Crippen MR) is 101 cm³/mol. The summed E-state index contributed by atoms with van der Waals surface area (Å²) in [4.78, 5) is 39.5. The van der Waals surface area contributed by atoms with E-state index in [4.69, 9.17) is 0 Å². The molecule has 6 nitrogen and oxygen atoms in total. The maximum absolute atomic E-state index is 12.9. The fourth-order valence-corrected chi connectivity index (χ4v) is 3.69. The highest BCUT2D eigenvalue weighted by atomic mass is 35.5. The summed E-state index contributed by atoms with van der Waals surface area (Å²) in [6.45, 7) is 6.70. The van der Waals surface area contributed by atoms with E-state index < -0.39 is 6.04 Å². The normalized spacial score (nSPS) is 23.5. The first-order valence-electron chi connectivity index (χ1n) is 8.92. The SMILES string of the molecule is CC(C)C(C(=O)NC1CCCNC1C)N1C(=O)c2ccccc2C1=O.Cl. The van der Waals surface area contributed by atoms with E-state index in [2.05, 4.69) is 10.6 Å². The predicted octanol–water partition coefficient (Wildman–Crippen LogP) is 1.99. The lowest BCUT2D eigenvalue weighted by molar-refractivity contribution is -0.127. The molecule has 1 fully saturated rings. The third-order valence-corrected chi connectivity index (χ3v) is 5.09.